The van der Waals surface area contributed by atoms with E-state index >= 15 is 0 Å². The number of aliphatic hydroxyl groups is 1. The molecule has 1 N–H and O–H groups in total. The largest absolute Gasteiger partial charge is 1.00 e. The van der Waals surface area contributed by atoms with Crippen LogP contribution in [0.25, 0.3) is 28.3 Å². The molecule has 16 nitrogen and oxygen atoms in total. The van der Waals surface area contributed by atoms with Gasteiger partial charge in [-0.3, -0.25) is 29.2 Å². The van der Waals surface area contributed by atoms with E-state index in [9.17, 15) is 37.6 Å². The number of ether oxygens (including phenoxy) is 3. The number of amides is 3. The van der Waals surface area contributed by atoms with Gasteiger partial charge in [-0.2, -0.15) is 6.42 Å². The molecule has 3 fully saturated rings. The fraction of sp³-hybridized carbons (Fsp3) is 0.309. The molecule has 0 saturated carbocycles. The van der Waals surface area contributed by atoms with E-state index in [0.717, 1.165) is 68.5 Å². The van der Waals surface area contributed by atoms with Gasteiger partial charge in [0.15, 0.2) is 0 Å². The monoisotopic (exact) mass is 1210 g/mol. The number of benzene rings is 5. The number of carbonyl (C=O) groups is 4. The SMILES string of the molecule is CCOP(=O)(Cc1ccc(-c2cccc(F)c2)cn1)OCC.O=C1OC[C@@H]2C(/C=C/c3ccc(-c4cccc(F)c4)cn3)c3ccccc3CN12.O=C1OC[C@@H]2C(CO)c3ccccc3CN12.O=CC1c2ccccc2CN2C(=O)OC[C@H]12.[CH2-]CCC.[Li+]. The summed E-state index contributed by atoms with van der Waals surface area (Å²) in [4.78, 5) is 60.2. The summed E-state index contributed by atoms with van der Waals surface area (Å²) in [6.07, 6.45) is 9.94. The van der Waals surface area contributed by atoms with Crippen molar-refractivity contribution in [3.8, 4) is 22.3 Å². The number of hydrogen-bond acceptors (Lipinski definition) is 13. The summed E-state index contributed by atoms with van der Waals surface area (Å²) >= 11 is 0. The number of fused-ring (bicyclic) bond motifs is 6. The molecule has 5 aromatic carbocycles. The Kier molecular flexibility index (Phi) is 23.6. The van der Waals surface area contributed by atoms with E-state index in [0.29, 0.717) is 58.4 Å². The van der Waals surface area contributed by atoms with E-state index in [2.05, 4.69) is 42.0 Å². The minimum Gasteiger partial charge on any atom is -0.447 e. The zero-order valence-corrected chi connectivity index (χ0v) is 50.8. The molecule has 3 unspecified atom stereocenters. The quantitative estimate of drug-likeness (QED) is 0.0378. The number of aldehydes is 1. The average Bonchev–Trinajstić information content (AvgIpc) is 2.21. The first-order valence-electron chi connectivity index (χ1n) is 29.2. The van der Waals surface area contributed by atoms with Crippen LogP contribution in [0, 0.1) is 18.6 Å². The van der Waals surface area contributed by atoms with Crippen molar-refractivity contribution in [1.82, 2.24) is 24.7 Å². The molecule has 6 aliphatic heterocycles. The van der Waals surface area contributed by atoms with Gasteiger partial charge in [-0.15, -0.1) is 0 Å². The summed E-state index contributed by atoms with van der Waals surface area (Å²) in [7, 11) is -3.16. The fourth-order valence-corrected chi connectivity index (χ4v) is 13.0. The molecule has 3 amide bonds. The van der Waals surface area contributed by atoms with E-state index in [4.69, 9.17) is 23.3 Å². The number of cyclic esters (lactones) is 3. The summed E-state index contributed by atoms with van der Waals surface area (Å²) in [5.41, 5.74) is 11.3. The number of carbonyl (C=O) groups excluding carboxylic acids is 4. The standard InChI is InChI=1S/C24H19FN2O2.C16H19FNO3P.C12H13NO3.C12H11NO3.C4H9.Li/c25-19-6-3-5-16(12-19)17-8-9-20(26-13-17)10-11-22-21-7-2-1-4-18(21)14-27-23(22)15-29-24(27)28;1-3-20-22(19,21-4-2)12-16-9-8-14(11-18-16)13-6-5-7-15(17)10-13;2*14-6-10-9-4-2-1-3-8(9)5-13-11(10)7-16-12(13)15;1-3-4-2;/h1-13,22-23H,14-15H2;5-11H,3-4,12H2,1-2H3;1-4,10-11,14H,5-7H2;1-4,6,10-11H,5,7H2;1,3-4H2,2H3;/q;;;;-1;+1/b11-10+;;;;;/t22?,23-;;2*10?,11-;;/m1.11../s1. The van der Waals surface area contributed by atoms with Gasteiger partial charge in [-0.25, -0.2) is 23.2 Å². The van der Waals surface area contributed by atoms with Crippen molar-refractivity contribution < 1.29 is 79.7 Å². The number of aromatic nitrogens is 2. The molecule has 88 heavy (non-hydrogen) atoms. The first kappa shape index (κ1) is 66.1. The molecular weight excluding hydrogens is 1140 g/mol. The summed E-state index contributed by atoms with van der Waals surface area (Å²) in [6.45, 7) is 12.8. The first-order valence-corrected chi connectivity index (χ1v) is 30.9. The van der Waals surface area contributed by atoms with Crippen molar-refractivity contribution in [2.24, 2.45) is 0 Å². The van der Waals surface area contributed by atoms with Crippen LogP contribution in [0.3, 0.4) is 0 Å². The van der Waals surface area contributed by atoms with Gasteiger partial charge in [-0.05, 0) is 101 Å². The van der Waals surface area contributed by atoms with E-state index in [1.165, 1.54) is 36.2 Å². The Labute approximate surface area is 524 Å². The Hall–Kier alpha value is -7.81. The first-order chi connectivity index (χ1) is 42.3. The van der Waals surface area contributed by atoms with Gasteiger partial charge >= 0.3 is 44.7 Å². The number of rotatable bonds is 13. The number of halogens is 2. The van der Waals surface area contributed by atoms with Crippen LogP contribution in [0.2, 0.25) is 0 Å². The van der Waals surface area contributed by atoms with Gasteiger partial charge in [0.05, 0.1) is 61.4 Å². The smallest absolute Gasteiger partial charge is 0.447 e. The van der Waals surface area contributed by atoms with E-state index in [1.807, 2.05) is 97.1 Å². The second kappa shape index (κ2) is 31.4. The molecule has 13 rings (SSSR count). The van der Waals surface area contributed by atoms with Crippen LogP contribution in [0.1, 0.15) is 96.1 Å². The van der Waals surface area contributed by atoms with Crippen LogP contribution < -0.4 is 18.9 Å². The summed E-state index contributed by atoms with van der Waals surface area (Å²) < 4.78 is 64.9. The van der Waals surface area contributed by atoms with Gasteiger partial charge in [0, 0.05) is 55.0 Å². The van der Waals surface area contributed by atoms with Crippen molar-refractivity contribution >= 4 is 38.2 Å². The zero-order valence-electron chi connectivity index (χ0n) is 49.9. The van der Waals surface area contributed by atoms with Crippen molar-refractivity contribution in [2.75, 3.05) is 39.6 Å². The summed E-state index contributed by atoms with van der Waals surface area (Å²) in [5, 5.41) is 9.48. The second-order valence-electron chi connectivity index (χ2n) is 21.2. The normalized spacial score (nSPS) is 19.9. The van der Waals surface area contributed by atoms with Crippen molar-refractivity contribution in [2.45, 2.75) is 95.3 Å². The molecule has 6 aliphatic rings. The zero-order chi connectivity index (χ0) is 61.5. The third-order valence-electron chi connectivity index (χ3n) is 15.7. The minimum atomic E-state index is -3.16. The number of aliphatic hydroxyl groups excluding tert-OH is 1. The Bertz CT molecular complexity index is 3570. The molecule has 8 heterocycles. The minimum absolute atomic E-state index is 0. The maximum atomic E-state index is 13.4. The number of nitrogens with zero attached hydrogens (tertiary/aromatic N) is 5. The molecular formula is C68H71F2LiN5O11P. The average molecular weight is 1210 g/mol. The maximum absolute atomic E-state index is 13.4. The molecule has 454 valence electrons. The van der Waals surface area contributed by atoms with Gasteiger partial charge in [0.1, 0.15) is 37.7 Å². The maximum Gasteiger partial charge on any atom is 1.00 e. The topological polar surface area (TPSA) is 187 Å². The van der Waals surface area contributed by atoms with Crippen LogP contribution >= 0.6 is 7.60 Å². The Balaban J connectivity index is 0.000000152. The van der Waals surface area contributed by atoms with Crippen LogP contribution in [-0.2, 0) is 58.4 Å². The molecule has 3 saturated heterocycles. The Morgan fingerprint density at radius 3 is 1.51 bits per heavy atom. The van der Waals surface area contributed by atoms with Crippen LogP contribution in [-0.4, -0.2) is 112 Å². The molecule has 0 bridgehead atoms. The molecule has 20 heteroatoms. The molecule has 6 atom stereocenters. The van der Waals surface area contributed by atoms with E-state index in [-0.39, 0.29) is 97.4 Å². The van der Waals surface area contributed by atoms with Crippen LogP contribution in [0.4, 0.5) is 23.2 Å². The predicted octanol–water partition coefficient (Wildman–Crippen LogP) is 10.7. The second-order valence-corrected chi connectivity index (χ2v) is 23.3. The number of hydrogen-bond donors (Lipinski definition) is 1. The molecule has 7 aromatic rings. The Morgan fingerprint density at radius 1 is 0.602 bits per heavy atom. The van der Waals surface area contributed by atoms with Gasteiger partial charge < -0.3 is 40.1 Å². The van der Waals surface area contributed by atoms with Crippen LogP contribution in [0.15, 0.2) is 164 Å². The third kappa shape index (κ3) is 15.9. The van der Waals surface area contributed by atoms with E-state index < -0.39 is 7.60 Å². The van der Waals surface area contributed by atoms with Crippen molar-refractivity contribution in [3.05, 3.63) is 227 Å². The van der Waals surface area contributed by atoms with Crippen molar-refractivity contribution in [1.29, 1.82) is 0 Å². The molecule has 2 aromatic heterocycles. The molecule has 0 spiro atoms. The van der Waals surface area contributed by atoms with E-state index in [1.54, 1.807) is 59.1 Å². The summed E-state index contributed by atoms with van der Waals surface area (Å²) in [6, 6.07) is 44.0. The van der Waals surface area contributed by atoms with Crippen molar-refractivity contribution in [3.63, 3.8) is 0 Å². The van der Waals surface area contributed by atoms with Gasteiger partial charge in [-0.1, -0.05) is 129 Å². The fourth-order valence-electron chi connectivity index (χ4n) is 11.3. The van der Waals surface area contributed by atoms with Gasteiger partial charge in [0.25, 0.3) is 0 Å². The third-order valence-corrected chi connectivity index (χ3v) is 17.8. The number of unbranched alkanes of at least 4 members (excludes halogenated alkanes) is 1. The summed E-state index contributed by atoms with van der Waals surface area (Å²) in [5.74, 6) is -0.775. The molecule has 0 radical (unpaired) electrons. The number of pyridine rings is 2. The van der Waals surface area contributed by atoms with Gasteiger partial charge in [0.2, 0.25) is 0 Å². The Morgan fingerprint density at radius 2 is 1.06 bits per heavy atom. The van der Waals surface area contributed by atoms with Crippen LogP contribution in [0.5, 0.6) is 0 Å². The predicted molar refractivity (Wildman–Crippen MR) is 326 cm³/mol. The molecule has 0 aliphatic carbocycles.